The monoisotopic (exact) mass is 295 g/mol. The number of nitrogens with one attached hydrogen (secondary N) is 1. The Labute approximate surface area is 126 Å². The van der Waals surface area contributed by atoms with Gasteiger partial charge in [0.15, 0.2) is 0 Å². The van der Waals surface area contributed by atoms with E-state index in [0.717, 1.165) is 5.56 Å². The normalized spacial score (nSPS) is 15.5. The van der Waals surface area contributed by atoms with E-state index >= 15 is 0 Å². The van der Waals surface area contributed by atoms with E-state index in [1.54, 1.807) is 36.4 Å². The fourth-order valence-corrected chi connectivity index (χ4v) is 2.43. The number of benzene rings is 2. The van der Waals surface area contributed by atoms with Gasteiger partial charge in [0.05, 0.1) is 0 Å². The minimum atomic E-state index is -2.54. The van der Waals surface area contributed by atoms with Gasteiger partial charge in [-0.15, -0.1) is 0 Å². The zero-order valence-electron chi connectivity index (χ0n) is 11.8. The summed E-state index contributed by atoms with van der Waals surface area (Å²) in [7, 11) is 0. The van der Waals surface area contributed by atoms with Crippen molar-refractivity contribution < 1.29 is 19.5 Å². The molecule has 5 nitrogen and oxygen atoms in total. The average molecular weight is 295 g/mol. The molecular formula is C17H13NO4. The van der Waals surface area contributed by atoms with Crippen molar-refractivity contribution in [2.75, 3.05) is 0 Å². The maximum Gasteiger partial charge on any atom is 0.268 e. The molecule has 0 heterocycles. The maximum atomic E-state index is 12.3. The van der Waals surface area contributed by atoms with Crippen molar-refractivity contribution >= 4 is 17.5 Å². The van der Waals surface area contributed by atoms with Crippen LogP contribution in [0.3, 0.4) is 0 Å². The van der Waals surface area contributed by atoms with Crippen molar-refractivity contribution in [2.24, 2.45) is 0 Å². The summed E-state index contributed by atoms with van der Waals surface area (Å²) in [5.41, 5.74) is -1.09. The van der Waals surface area contributed by atoms with Crippen LogP contribution < -0.4 is 5.32 Å². The lowest BCUT2D eigenvalue weighted by molar-refractivity contribution is 0.0192. The molecule has 0 aromatic heterocycles. The van der Waals surface area contributed by atoms with Gasteiger partial charge in [-0.25, -0.2) is 0 Å². The van der Waals surface area contributed by atoms with Crippen molar-refractivity contribution in [3.05, 3.63) is 70.8 Å². The summed E-state index contributed by atoms with van der Waals surface area (Å²) >= 11 is 0. The summed E-state index contributed by atoms with van der Waals surface area (Å²) in [6.45, 7) is 1.87. The molecule has 0 atom stereocenters. The van der Waals surface area contributed by atoms with Crippen molar-refractivity contribution in [2.45, 2.75) is 12.6 Å². The van der Waals surface area contributed by atoms with Crippen LogP contribution in [-0.4, -0.2) is 28.3 Å². The number of ketones is 2. The fourth-order valence-electron chi connectivity index (χ4n) is 2.43. The van der Waals surface area contributed by atoms with Crippen LogP contribution in [-0.2, 0) is 0 Å². The third-order valence-electron chi connectivity index (χ3n) is 3.68. The van der Waals surface area contributed by atoms with Gasteiger partial charge in [-0.1, -0.05) is 42.0 Å². The number of fused-ring (bicyclic) bond motifs is 1. The number of carbonyl (C=O) groups excluding carboxylic acids is 3. The predicted molar refractivity (Wildman–Crippen MR) is 78.7 cm³/mol. The van der Waals surface area contributed by atoms with Gasteiger partial charge in [0.25, 0.3) is 11.6 Å². The van der Waals surface area contributed by atoms with Gasteiger partial charge in [0.2, 0.25) is 11.6 Å². The summed E-state index contributed by atoms with van der Waals surface area (Å²) in [5, 5.41) is 12.6. The Hall–Kier alpha value is -2.79. The predicted octanol–water partition coefficient (Wildman–Crippen LogP) is 1.49. The Morgan fingerprint density at radius 2 is 1.45 bits per heavy atom. The SMILES string of the molecule is Cc1ccc(C(=O)NC2(O)C(=O)c3ccccc3C2=O)cc1. The van der Waals surface area contributed by atoms with Crippen LogP contribution in [0.2, 0.25) is 0 Å². The molecule has 110 valence electrons. The Bertz CT molecular complexity index is 758. The van der Waals surface area contributed by atoms with Crippen molar-refractivity contribution in [3.63, 3.8) is 0 Å². The third-order valence-corrected chi connectivity index (χ3v) is 3.68. The summed E-state index contributed by atoms with van der Waals surface area (Å²) < 4.78 is 0. The van der Waals surface area contributed by atoms with E-state index in [-0.39, 0.29) is 16.7 Å². The minimum Gasteiger partial charge on any atom is -0.358 e. The molecule has 2 aromatic carbocycles. The zero-order chi connectivity index (χ0) is 15.9. The molecule has 22 heavy (non-hydrogen) atoms. The first-order valence-electron chi connectivity index (χ1n) is 6.73. The van der Waals surface area contributed by atoms with Crippen molar-refractivity contribution in [1.29, 1.82) is 0 Å². The molecule has 5 heteroatoms. The number of rotatable bonds is 2. The molecule has 0 bridgehead atoms. The molecule has 0 saturated heterocycles. The molecule has 0 fully saturated rings. The lowest BCUT2D eigenvalue weighted by atomic mass is 10.1. The van der Waals surface area contributed by atoms with E-state index < -0.39 is 23.2 Å². The van der Waals surface area contributed by atoms with Gasteiger partial charge in [-0.2, -0.15) is 0 Å². The van der Waals surface area contributed by atoms with Gasteiger partial charge < -0.3 is 10.4 Å². The number of Topliss-reactive ketones (excluding diaryl/α,β-unsaturated/α-hetero) is 2. The molecule has 2 N–H and O–H groups in total. The first-order valence-corrected chi connectivity index (χ1v) is 6.73. The van der Waals surface area contributed by atoms with Gasteiger partial charge in [0, 0.05) is 16.7 Å². The Kier molecular flexibility index (Phi) is 3.15. The van der Waals surface area contributed by atoms with Gasteiger partial charge >= 0.3 is 0 Å². The van der Waals surface area contributed by atoms with Crippen LogP contribution in [0.25, 0.3) is 0 Å². The molecule has 0 saturated carbocycles. The molecule has 2 aromatic rings. The molecule has 3 rings (SSSR count). The molecule has 1 aliphatic rings. The molecule has 0 unspecified atom stereocenters. The van der Waals surface area contributed by atoms with E-state index in [2.05, 4.69) is 5.32 Å². The second-order valence-electron chi connectivity index (χ2n) is 5.23. The van der Waals surface area contributed by atoms with Crippen LogP contribution in [0, 0.1) is 6.92 Å². The highest BCUT2D eigenvalue weighted by atomic mass is 16.3. The second-order valence-corrected chi connectivity index (χ2v) is 5.23. The Morgan fingerprint density at radius 1 is 0.955 bits per heavy atom. The second kappa shape index (κ2) is 4.89. The molecule has 1 amide bonds. The molecular weight excluding hydrogens is 282 g/mol. The molecule has 0 aliphatic heterocycles. The number of carbonyl (C=O) groups is 3. The highest BCUT2D eigenvalue weighted by Crippen LogP contribution is 2.28. The zero-order valence-corrected chi connectivity index (χ0v) is 11.8. The fraction of sp³-hybridized carbons (Fsp3) is 0.118. The minimum absolute atomic E-state index is 0.110. The Morgan fingerprint density at radius 3 is 1.95 bits per heavy atom. The van der Waals surface area contributed by atoms with E-state index in [0.29, 0.717) is 0 Å². The van der Waals surface area contributed by atoms with Crippen LogP contribution >= 0.6 is 0 Å². The number of aliphatic hydroxyl groups is 1. The van der Waals surface area contributed by atoms with Crippen LogP contribution in [0.5, 0.6) is 0 Å². The number of amides is 1. The van der Waals surface area contributed by atoms with Gasteiger partial charge in [0.1, 0.15) is 0 Å². The standard InChI is InChI=1S/C17H13NO4/c1-10-6-8-11(9-7-10)16(21)18-17(22)14(19)12-4-2-3-5-13(12)15(17)20/h2-9,22H,1H3,(H,18,21). The number of hydrogen-bond donors (Lipinski definition) is 2. The van der Waals surface area contributed by atoms with Gasteiger partial charge in [-0.3, -0.25) is 14.4 Å². The average Bonchev–Trinajstić information content (AvgIpc) is 2.70. The maximum absolute atomic E-state index is 12.3. The largest absolute Gasteiger partial charge is 0.358 e. The quantitative estimate of drug-likeness (QED) is 0.649. The summed E-state index contributed by atoms with van der Waals surface area (Å²) in [6.07, 6.45) is 0. The van der Waals surface area contributed by atoms with E-state index in [9.17, 15) is 19.5 Å². The lowest BCUT2D eigenvalue weighted by Gasteiger charge is -2.20. The molecule has 0 radical (unpaired) electrons. The number of hydrogen-bond acceptors (Lipinski definition) is 4. The van der Waals surface area contributed by atoms with Crippen LogP contribution in [0.4, 0.5) is 0 Å². The van der Waals surface area contributed by atoms with E-state index in [1.165, 1.54) is 12.1 Å². The first kappa shape index (κ1) is 14.2. The Balaban J connectivity index is 1.92. The summed E-state index contributed by atoms with van der Waals surface area (Å²) in [6, 6.07) is 12.7. The lowest BCUT2D eigenvalue weighted by Crippen LogP contribution is -2.56. The summed E-state index contributed by atoms with van der Waals surface area (Å²) in [5.74, 6) is -2.31. The highest BCUT2D eigenvalue weighted by molar-refractivity contribution is 6.32. The van der Waals surface area contributed by atoms with Gasteiger partial charge in [-0.05, 0) is 19.1 Å². The highest BCUT2D eigenvalue weighted by Gasteiger charge is 2.53. The van der Waals surface area contributed by atoms with E-state index in [1.807, 2.05) is 6.92 Å². The van der Waals surface area contributed by atoms with Crippen molar-refractivity contribution in [1.82, 2.24) is 5.32 Å². The van der Waals surface area contributed by atoms with Crippen molar-refractivity contribution in [3.8, 4) is 0 Å². The molecule has 1 aliphatic carbocycles. The molecule has 0 spiro atoms. The first-order chi connectivity index (χ1) is 10.4. The topological polar surface area (TPSA) is 83.5 Å². The summed E-state index contributed by atoms with van der Waals surface area (Å²) in [4.78, 5) is 36.7. The smallest absolute Gasteiger partial charge is 0.268 e. The third kappa shape index (κ3) is 2.03. The van der Waals surface area contributed by atoms with Crippen LogP contribution in [0.1, 0.15) is 36.6 Å². The van der Waals surface area contributed by atoms with E-state index in [4.69, 9.17) is 0 Å². The number of aryl methyl sites for hydroxylation is 1. The van der Waals surface area contributed by atoms with Crippen LogP contribution in [0.15, 0.2) is 48.5 Å².